The fourth-order valence-corrected chi connectivity index (χ4v) is 5.74. The van der Waals surface area contributed by atoms with Crippen molar-refractivity contribution in [1.29, 1.82) is 0 Å². The lowest BCUT2D eigenvalue weighted by Crippen LogP contribution is -2.49. The molecule has 1 rings (SSSR count). The van der Waals surface area contributed by atoms with Crippen LogP contribution in [0.3, 0.4) is 0 Å². The summed E-state index contributed by atoms with van der Waals surface area (Å²) in [5.41, 5.74) is 0.0343. The van der Waals surface area contributed by atoms with Gasteiger partial charge in [0.05, 0.1) is 5.56 Å². The molecular formula is C10H6F3I4NO4S. The largest absolute Gasteiger partial charge is 0.409 e. The van der Waals surface area contributed by atoms with Crippen molar-refractivity contribution in [1.82, 2.24) is 5.32 Å². The van der Waals surface area contributed by atoms with E-state index < -0.39 is 34.0 Å². The van der Waals surface area contributed by atoms with E-state index in [2.05, 4.69) is 0 Å². The summed E-state index contributed by atoms with van der Waals surface area (Å²) in [6.45, 7) is 0. The number of carbonyl (C=O) groups is 1. The predicted molar refractivity (Wildman–Crippen MR) is 111 cm³/mol. The Hall–Kier alpha value is 1.31. The van der Waals surface area contributed by atoms with E-state index in [1.807, 2.05) is 90.4 Å². The van der Waals surface area contributed by atoms with Gasteiger partial charge in [0, 0.05) is 14.3 Å². The van der Waals surface area contributed by atoms with Gasteiger partial charge in [0.1, 0.15) is 11.8 Å². The summed E-state index contributed by atoms with van der Waals surface area (Å²) in [7, 11) is -4.91. The van der Waals surface area contributed by atoms with E-state index in [4.69, 9.17) is 4.55 Å². The van der Waals surface area contributed by atoms with Crippen molar-refractivity contribution in [2.75, 3.05) is 5.75 Å². The average Bonchev–Trinajstić information content (AvgIpc) is 2.33. The zero-order chi connectivity index (χ0) is 18.2. The van der Waals surface area contributed by atoms with E-state index in [0.29, 0.717) is 14.3 Å². The standard InChI is InChI=1S/C10H6F3I4NO4S/c11-10(12,13)5(2-23(20,21)22)18-9(19)6-7(16)3(14)1-4(15)8(6)17/h1,5H,2H2,(H,18,19)(H,20,21,22). The summed E-state index contributed by atoms with van der Waals surface area (Å²) >= 11 is 7.55. The zero-order valence-corrected chi connectivity index (χ0v) is 20.0. The summed E-state index contributed by atoms with van der Waals surface area (Å²) in [5, 5.41) is 1.65. The highest BCUT2D eigenvalue weighted by atomic mass is 127. The maximum absolute atomic E-state index is 12.9. The van der Waals surface area contributed by atoms with Gasteiger partial charge in [-0.25, -0.2) is 0 Å². The number of hydrogen-bond acceptors (Lipinski definition) is 3. The molecule has 0 aromatic heterocycles. The first-order valence-electron chi connectivity index (χ1n) is 5.39. The minimum atomic E-state index is -5.02. The Morgan fingerprint density at radius 3 is 1.96 bits per heavy atom. The van der Waals surface area contributed by atoms with Crippen molar-refractivity contribution in [3.05, 3.63) is 25.9 Å². The second kappa shape index (κ2) is 8.33. The van der Waals surface area contributed by atoms with Crippen LogP contribution in [0.15, 0.2) is 6.07 Å². The fourth-order valence-electron chi connectivity index (χ4n) is 1.43. The van der Waals surface area contributed by atoms with Crippen LogP contribution >= 0.6 is 90.4 Å². The third-order valence-electron chi connectivity index (χ3n) is 2.42. The molecule has 130 valence electrons. The SMILES string of the molecule is O=C(NC(CS(=O)(=O)O)C(F)(F)F)c1c(I)c(I)cc(I)c1I. The smallest absolute Gasteiger partial charge is 0.339 e. The molecule has 23 heavy (non-hydrogen) atoms. The van der Waals surface area contributed by atoms with E-state index in [-0.39, 0.29) is 5.56 Å². The first-order valence-corrected chi connectivity index (χ1v) is 11.3. The molecule has 1 unspecified atom stereocenters. The lowest BCUT2D eigenvalue weighted by Gasteiger charge is -2.21. The fraction of sp³-hybridized carbons (Fsp3) is 0.300. The van der Waals surface area contributed by atoms with E-state index in [1.165, 1.54) is 0 Å². The summed E-state index contributed by atoms with van der Waals surface area (Å²) in [4.78, 5) is 12.2. The van der Waals surface area contributed by atoms with Gasteiger partial charge in [0.25, 0.3) is 16.0 Å². The van der Waals surface area contributed by atoms with Crippen LogP contribution in [0.5, 0.6) is 0 Å². The topological polar surface area (TPSA) is 83.5 Å². The van der Waals surface area contributed by atoms with Crippen LogP contribution in [-0.2, 0) is 10.1 Å². The molecule has 5 nitrogen and oxygen atoms in total. The molecule has 0 aliphatic heterocycles. The highest BCUT2D eigenvalue weighted by Crippen LogP contribution is 2.29. The number of benzene rings is 1. The molecule has 1 amide bonds. The van der Waals surface area contributed by atoms with Crippen LogP contribution in [-0.4, -0.2) is 36.8 Å². The van der Waals surface area contributed by atoms with Gasteiger partial charge in [-0.15, -0.1) is 0 Å². The van der Waals surface area contributed by atoms with E-state index in [0.717, 1.165) is 0 Å². The van der Waals surface area contributed by atoms with Gasteiger partial charge in [-0.1, -0.05) is 0 Å². The highest BCUT2D eigenvalue weighted by Gasteiger charge is 2.43. The first-order chi connectivity index (χ1) is 10.2. The quantitative estimate of drug-likeness (QED) is 0.277. The van der Waals surface area contributed by atoms with Gasteiger partial charge in [-0.3, -0.25) is 9.35 Å². The van der Waals surface area contributed by atoms with Gasteiger partial charge in [-0.2, -0.15) is 21.6 Å². The van der Waals surface area contributed by atoms with Crippen molar-refractivity contribution in [3.63, 3.8) is 0 Å². The van der Waals surface area contributed by atoms with E-state index >= 15 is 0 Å². The molecule has 0 saturated carbocycles. The summed E-state index contributed by atoms with van der Waals surface area (Å²) in [5.74, 6) is -2.70. The Labute approximate surface area is 184 Å². The van der Waals surface area contributed by atoms with Crippen molar-refractivity contribution in [2.24, 2.45) is 0 Å². The minimum Gasteiger partial charge on any atom is -0.339 e. The molecule has 1 atom stereocenters. The van der Waals surface area contributed by atoms with Gasteiger partial charge in [-0.05, 0) is 96.4 Å². The molecule has 1 aromatic carbocycles. The number of hydrogen-bond donors (Lipinski definition) is 2. The molecule has 0 fully saturated rings. The second-order valence-corrected chi connectivity index (χ2v) is 10.1. The number of halogens is 7. The lowest BCUT2D eigenvalue weighted by molar-refractivity contribution is -0.148. The van der Waals surface area contributed by atoms with Gasteiger partial charge >= 0.3 is 6.18 Å². The molecule has 0 spiro atoms. The molecule has 0 heterocycles. The lowest BCUT2D eigenvalue weighted by atomic mass is 10.2. The van der Waals surface area contributed by atoms with Crippen molar-refractivity contribution in [3.8, 4) is 0 Å². The monoisotopic (exact) mass is 801 g/mol. The minimum absolute atomic E-state index is 0.0343. The van der Waals surface area contributed by atoms with Crippen LogP contribution in [0, 0.1) is 14.3 Å². The highest BCUT2D eigenvalue weighted by molar-refractivity contribution is 14.1. The molecule has 1 aromatic rings. The molecule has 0 aliphatic rings. The van der Waals surface area contributed by atoms with E-state index in [1.54, 1.807) is 11.4 Å². The van der Waals surface area contributed by atoms with Crippen molar-refractivity contribution >= 4 is 106 Å². The van der Waals surface area contributed by atoms with Gasteiger partial charge < -0.3 is 5.32 Å². The molecule has 0 aliphatic carbocycles. The summed E-state index contributed by atoms with van der Waals surface area (Å²) < 4.78 is 71.1. The van der Waals surface area contributed by atoms with Crippen LogP contribution < -0.4 is 5.32 Å². The first kappa shape index (κ1) is 22.4. The molecule has 0 saturated heterocycles. The number of amides is 1. The maximum Gasteiger partial charge on any atom is 0.409 e. The zero-order valence-electron chi connectivity index (χ0n) is 10.6. The Morgan fingerprint density at radius 2 is 1.61 bits per heavy atom. The van der Waals surface area contributed by atoms with Crippen molar-refractivity contribution < 1.29 is 30.9 Å². The normalized spacial score (nSPS) is 13.7. The predicted octanol–water partition coefficient (Wildman–Crippen LogP) is 3.65. The van der Waals surface area contributed by atoms with Crippen LogP contribution in [0.25, 0.3) is 0 Å². The van der Waals surface area contributed by atoms with Gasteiger partial charge in [0.2, 0.25) is 0 Å². The Morgan fingerprint density at radius 1 is 1.17 bits per heavy atom. The number of rotatable bonds is 4. The molecule has 13 heteroatoms. The molecule has 2 N–H and O–H groups in total. The summed E-state index contributed by atoms with van der Waals surface area (Å²) in [6, 6.07) is -0.937. The number of nitrogens with one attached hydrogen (secondary N) is 1. The van der Waals surface area contributed by atoms with Crippen LogP contribution in [0.4, 0.5) is 13.2 Å². The number of carbonyl (C=O) groups excluding carboxylic acids is 1. The maximum atomic E-state index is 12.9. The van der Waals surface area contributed by atoms with Crippen molar-refractivity contribution in [2.45, 2.75) is 12.2 Å². The summed E-state index contributed by atoms with van der Waals surface area (Å²) in [6.07, 6.45) is -5.02. The molecule has 0 radical (unpaired) electrons. The van der Waals surface area contributed by atoms with Crippen LogP contribution in [0.2, 0.25) is 0 Å². The molecular weight excluding hydrogens is 795 g/mol. The third-order valence-corrected chi connectivity index (χ3v) is 9.18. The second-order valence-electron chi connectivity index (χ2n) is 4.16. The van der Waals surface area contributed by atoms with Gasteiger partial charge in [0.15, 0.2) is 0 Å². The Balaban J connectivity index is 3.24. The average molecular weight is 801 g/mol. The van der Waals surface area contributed by atoms with E-state index in [9.17, 15) is 26.4 Å². The molecule has 0 bridgehead atoms. The van der Waals surface area contributed by atoms with Crippen LogP contribution in [0.1, 0.15) is 10.4 Å². The third kappa shape index (κ3) is 6.51. The Bertz CT molecular complexity index is 712. The Kier molecular flexibility index (Phi) is 8.10. The number of alkyl halides is 3.